The monoisotopic (exact) mass is 625 g/mol. The molecule has 0 saturated carbocycles. The Labute approximate surface area is 256 Å². The first kappa shape index (κ1) is 33.0. The van der Waals surface area contributed by atoms with Crippen LogP contribution in [0.3, 0.4) is 0 Å². The Morgan fingerprint density at radius 1 is 1.02 bits per heavy atom. The van der Waals surface area contributed by atoms with E-state index in [-0.39, 0.29) is 33.8 Å². The van der Waals surface area contributed by atoms with Gasteiger partial charge < -0.3 is 24.6 Å². The van der Waals surface area contributed by atoms with Gasteiger partial charge in [0.2, 0.25) is 0 Å². The maximum Gasteiger partial charge on any atom is 0.351 e. The lowest BCUT2D eigenvalue weighted by atomic mass is 10.1. The van der Waals surface area contributed by atoms with Gasteiger partial charge in [-0.2, -0.15) is 4.98 Å². The number of nitrogens with zero attached hydrogens (tertiary/aromatic N) is 3. The molecule has 1 saturated heterocycles. The van der Waals surface area contributed by atoms with E-state index in [1.807, 2.05) is 12.1 Å². The van der Waals surface area contributed by atoms with Gasteiger partial charge in [0.15, 0.2) is 16.6 Å². The van der Waals surface area contributed by atoms with Crippen LogP contribution in [0.25, 0.3) is 10.9 Å². The number of amides is 1. The number of anilines is 2. The lowest BCUT2D eigenvalue weighted by Crippen LogP contribution is -2.48. The molecular formula is C31H47N5O5Si2. The minimum Gasteiger partial charge on any atom is -0.414 e. The van der Waals surface area contributed by atoms with Gasteiger partial charge in [0.1, 0.15) is 23.8 Å². The first-order chi connectivity index (χ1) is 19.8. The molecule has 3 atom stereocenters. The molecule has 0 aliphatic carbocycles. The summed E-state index contributed by atoms with van der Waals surface area (Å²) in [6, 6.07) is 10.4. The molecule has 43 heavy (non-hydrogen) atoms. The molecule has 3 N–H and O–H groups in total. The predicted octanol–water partition coefficient (Wildman–Crippen LogP) is 6.33. The fourth-order valence-electron chi connectivity index (χ4n) is 4.39. The average molecular weight is 626 g/mol. The number of benzene rings is 1. The van der Waals surface area contributed by atoms with E-state index in [2.05, 4.69) is 83.0 Å². The number of hydrogen-bond acceptors (Lipinski definition) is 8. The Bertz CT molecular complexity index is 1540. The SMILES string of the molecule is CC(C)(C)[Si](C)(C)OC[C@H]1O[C@@H](n2ccc(NC(=O)c3ccc4cccc(N)c4n3)nc2=O)C[C@@H]1O[Si](C)(C)C(C)(C)C. The highest BCUT2D eigenvalue weighted by atomic mass is 28.4. The van der Waals surface area contributed by atoms with Gasteiger partial charge in [-0.15, -0.1) is 0 Å². The molecule has 234 valence electrons. The van der Waals surface area contributed by atoms with Crippen molar-refractivity contribution in [3.05, 3.63) is 58.8 Å². The van der Waals surface area contributed by atoms with Crippen LogP contribution < -0.4 is 16.7 Å². The minimum atomic E-state index is -2.14. The van der Waals surface area contributed by atoms with Crippen molar-refractivity contribution in [1.29, 1.82) is 0 Å². The summed E-state index contributed by atoms with van der Waals surface area (Å²) in [7, 11) is -4.17. The Morgan fingerprint density at radius 3 is 2.33 bits per heavy atom. The zero-order valence-electron chi connectivity index (χ0n) is 27.1. The summed E-state index contributed by atoms with van der Waals surface area (Å²) in [6.45, 7) is 22.5. The number of nitrogens with one attached hydrogen (secondary N) is 1. The number of nitrogen functional groups attached to an aromatic ring is 1. The summed E-state index contributed by atoms with van der Waals surface area (Å²) in [5, 5.41) is 3.57. The van der Waals surface area contributed by atoms with Gasteiger partial charge in [-0.3, -0.25) is 9.36 Å². The molecule has 0 radical (unpaired) electrons. The molecular weight excluding hydrogens is 579 g/mol. The smallest absolute Gasteiger partial charge is 0.351 e. The highest BCUT2D eigenvalue weighted by Crippen LogP contribution is 2.42. The minimum absolute atomic E-state index is 0.0137. The number of ether oxygens (including phenoxy) is 1. The van der Waals surface area contributed by atoms with E-state index in [0.29, 0.717) is 24.2 Å². The van der Waals surface area contributed by atoms with E-state index in [9.17, 15) is 9.59 Å². The lowest BCUT2D eigenvalue weighted by molar-refractivity contribution is -0.0411. The second kappa shape index (κ2) is 11.9. The van der Waals surface area contributed by atoms with Gasteiger partial charge >= 0.3 is 5.69 Å². The van der Waals surface area contributed by atoms with Crippen LogP contribution in [-0.2, 0) is 13.6 Å². The van der Waals surface area contributed by atoms with Crippen molar-refractivity contribution in [3.8, 4) is 0 Å². The maximum absolute atomic E-state index is 13.2. The van der Waals surface area contributed by atoms with Crippen molar-refractivity contribution in [3.63, 3.8) is 0 Å². The highest BCUT2D eigenvalue weighted by Gasteiger charge is 2.46. The molecule has 1 amide bonds. The molecule has 10 nitrogen and oxygen atoms in total. The van der Waals surface area contributed by atoms with Crippen LogP contribution in [0.1, 0.15) is 64.7 Å². The van der Waals surface area contributed by atoms with Crippen molar-refractivity contribution in [2.24, 2.45) is 0 Å². The number of pyridine rings is 1. The summed E-state index contributed by atoms with van der Waals surface area (Å²) < 4.78 is 21.3. The van der Waals surface area contributed by atoms with Crippen LogP contribution >= 0.6 is 0 Å². The van der Waals surface area contributed by atoms with Gasteiger partial charge in [0.25, 0.3) is 5.91 Å². The van der Waals surface area contributed by atoms with E-state index in [4.69, 9.17) is 19.3 Å². The average Bonchev–Trinajstić information content (AvgIpc) is 3.27. The summed E-state index contributed by atoms with van der Waals surface area (Å²) in [6.07, 6.45) is 0.965. The number of rotatable bonds is 8. The summed E-state index contributed by atoms with van der Waals surface area (Å²) in [5.41, 5.74) is 6.69. The van der Waals surface area contributed by atoms with Crippen LogP contribution in [0.4, 0.5) is 11.5 Å². The fraction of sp³-hybridized carbons (Fsp3) is 0.548. The molecule has 1 aliphatic rings. The summed E-state index contributed by atoms with van der Waals surface area (Å²) >= 11 is 0. The van der Waals surface area contributed by atoms with Crippen LogP contribution in [0.15, 0.2) is 47.4 Å². The van der Waals surface area contributed by atoms with Gasteiger partial charge in [0.05, 0.1) is 23.9 Å². The van der Waals surface area contributed by atoms with Crippen molar-refractivity contribution >= 4 is 45.0 Å². The third-order valence-electron chi connectivity index (χ3n) is 9.21. The van der Waals surface area contributed by atoms with Crippen LogP contribution in [0.2, 0.25) is 36.3 Å². The molecule has 0 spiro atoms. The zero-order chi connectivity index (χ0) is 32.0. The largest absolute Gasteiger partial charge is 0.414 e. The van der Waals surface area contributed by atoms with Crippen molar-refractivity contribution < 1.29 is 18.4 Å². The normalized spacial score (nSPS) is 20.0. The molecule has 2 aromatic heterocycles. The second-order valence-corrected chi connectivity index (χ2v) is 24.0. The first-order valence-electron chi connectivity index (χ1n) is 14.8. The third kappa shape index (κ3) is 7.26. The Balaban J connectivity index is 1.53. The number of fused-ring (bicyclic) bond motifs is 1. The second-order valence-electron chi connectivity index (χ2n) is 14.4. The van der Waals surface area contributed by atoms with Crippen LogP contribution in [0.5, 0.6) is 0 Å². The van der Waals surface area contributed by atoms with E-state index < -0.39 is 34.5 Å². The van der Waals surface area contributed by atoms with E-state index in [1.165, 1.54) is 4.57 Å². The lowest BCUT2D eigenvalue weighted by Gasteiger charge is -2.40. The van der Waals surface area contributed by atoms with E-state index >= 15 is 0 Å². The highest BCUT2D eigenvalue weighted by molar-refractivity contribution is 6.74. The van der Waals surface area contributed by atoms with Crippen molar-refractivity contribution in [2.75, 3.05) is 17.7 Å². The number of carbonyl (C=O) groups excluding carboxylic acids is 1. The number of carbonyl (C=O) groups is 1. The molecule has 3 heterocycles. The number of nitrogens with two attached hydrogens (primary N) is 1. The number of para-hydroxylation sites is 1. The van der Waals surface area contributed by atoms with Gasteiger partial charge in [-0.25, -0.2) is 9.78 Å². The quantitative estimate of drug-likeness (QED) is 0.220. The Kier molecular flexibility index (Phi) is 9.12. The van der Waals surface area contributed by atoms with Gasteiger partial charge in [0, 0.05) is 18.0 Å². The molecule has 3 aromatic rings. The summed E-state index contributed by atoms with van der Waals surface area (Å²) in [5.74, 6) is -0.364. The molecule has 0 unspecified atom stereocenters. The Morgan fingerprint density at radius 2 is 1.70 bits per heavy atom. The zero-order valence-corrected chi connectivity index (χ0v) is 29.1. The molecule has 4 rings (SSSR count). The van der Waals surface area contributed by atoms with Crippen LogP contribution in [0, 0.1) is 0 Å². The number of aromatic nitrogens is 3. The predicted molar refractivity (Wildman–Crippen MR) is 176 cm³/mol. The molecule has 0 bridgehead atoms. The molecule has 1 fully saturated rings. The standard InChI is InChI=1S/C31H47N5O5Si2/c1-30(2,3)42(7,8)39-19-24-23(41-43(9,10)31(4,5)6)18-26(40-24)36-17-16-25(35-29(36)38)34-28(37)22-15-14-20-12-11-13-21(32)27(20)33-22/h11-17,23-24,26H,18-19,32H2,1-10H3,(H,34,35,37,38)/t23-,24+,26+/m0/s1. The Hall–Kier alpha value is -2.91. The molecule has 12 heteroatoms. The van der Waals surface area contributed by atoms with Crippen molar-refractivity contribution in [1.82, 2.24) is 14.5 Å². The van der Waals surface area contributed by atoms with Crippen molar-refractivity contribution in [2.45, 2.75) is 103 Å². The topological polar surface area (TPSA) is 131 Å². The third-order valence-corrected chi connectivity index (χ3v) is 18.2. The van der Waals surface area contributed by atoms with E-state index in [0.717, 1.165) is 5.39 Å². The summed E-state index contributed by atoms with van der Waals surface area (Å²) in [4.78, 5) is 34.7. The maximum atomic E-state index is 13.2. The van der Waals surface area contributed by atoms with Gasteiger partial charge in [-0.05, 0) is 54.5 Å². The first-order valence-corrected chi connectivity index (χ1v) is 20.6. The van der Waals surface area contributed by atoms with E-state index in [1.54, 1.807) is 30.5 Å². The van der Waals surface area contributed by atoms with Gasteiger partial charge in [-0.1, -0.05) is 59.7 Å². The molecule has 1 aromatic carbocycles. The number of hydrogen-bond donors (Lipinski definition) is 2. The molecule has 1 aliphatic heterocycles. The fourth-order valence-corrected chi connectivity index (χ4v) is 6.76. The van der Waals surface area contributed by atoms with Crippen LogP contribution in [-0.4, -0.2) is 55.9 Å².